The third-order valence-electron chi connectivity index (χ3n) is 2.51. The Kier molecular flexibility index (Phi) is 7.20. The van der Waals surface area contributed by atoms with E-state index >= 15 is 0 Å². The molecule has 0 aromatic carbocycles. The van der Waals surface area contributed by atoms with Crippen molar-refractivity contribution in [3.05, 3.63) is 0 Å². The Morgan fingerprint density at radius 2 is 1.50 bits per heavy atom. The number of Topliss-reactive ketones (excluding diaryl/α,β-unsaturated/α-hetero) is 2. The number of carbonyl (C=O) groups is 4. The first-order valence-corrected chi connectivity index (χ1v) is 7.68. The van der Waals surface area contributed by atoms with Crippen molar-refractivity contribution in [1.82, 2.24) is 0 Å². The van der Waals surface area contributed by atoms with Crippen molar-refractivity contribution in [2.75, 3.05) is 5.75 Å². The van der Waals surface area contributed by atoms with Gasteiger partial charge < -0.3 is 21.7 Å². The van der Waals surface area contributed by atoms with Crippen LogP contribution in [-0.2, 0) is 19.2 Å². The van der Waals surface area contributed by atoms with E-state index in [2.05, 4.69) is 0 Å². The molecule has 114 valence electrons. The lowest BCUT2D eigenvalue weighted by atomic mass is 9.91. The van der Waals surface area contributed by atoms with E-state index in [0.717, 1.165) is 24.6 Å². The van der Waals surface area contributed by atoms with Gasteiger partial charge in [0.1, 0.15) is 12.1 Å². The monoisotopic (exact) mass is 324 g/mol. The topological polar surface area (TPSA) is 161 Å². The number of hydrogen-bond donors (Lipinski definition) is 4. The van der Waals surface area contributed by atoms with E-state index in [1.165, 1.54) is 0 Å². The van der Waals surface area contributed by atoms with Gasteiger partial charge >= 0.3 is 11.9 Å². The molecular weight excluding hydrogens is 308 g/mol. The van der Waals surface area contributed by atoms with Crippen LogP contribution in [0.1, 0.15) is 13.8 Å². The first-order chi connectivity index (χ1) is 9.07. The number of aliphatic carboxylic acids is 2. The lowest BCUT2D eigenvalue weighted by Crippen LogP contribution is -2.58. The second kappa shape index (κ2) is 7.62. The van der Waals surface area contributed by atoms with E-state index in [9.17, 15) is 19.2 Å². The average Bonchev–Trinajstić information content (AvgIpc) is 2.32. The molecule has 0 saturated carbocycles. The third-order valence-corrected chi connectivity index (χ3v) is 5.76. The predicted molar refractivity (Wildman–Crippen MR) is 75.4 cm³/mol. The van der Waals surface area contributed by atoms with E-state index in [1.54, 1.807) is 0 Å². The van der Waals surface area contributed by atoms with Gasteiger partial charge in [0.2, 0.25) is 0 Å². The van der Waals surface area contributed by atoms with Gasteiger partial charge in [-0.25, -0.2) is 0 Å². The summed E-state index contributed by atoms with van der Waals surface area (Å²) in [5.41, 5.74) is 10.7. The largest absolute Gasteiger partial charge is 0.480 e. The SMILES string of the molecule is CC(=O)C(SSCC(N)C(=O)O)(C(C)=O)C(N)C(=O)O. The summed E-state index contributed by atoms with van der Waals surface area (Å²) in [6, 6.07) is -2.92. The Balaban J connectivity index is 5.15. The van der Waals surface area contributed by atoms with Gasteiger partial charge in [0.15, 0.2) is 16.3 Å². The van der Waals surface area contributed by atoms with E-state index in [1.807, 2.05) is 0 Å². The predicted octanol–water partition coefficient (Wildman–Crippen LogP) is -0.892. The molecule has 0 radical (unpaired) electrons. The van der Waals surface area contributed by atoms with Crippen LogP contribution in [0.3, 0.4) is 0 Å². The molecular formula is C10H16N2O6S2. The summed E-state index contributed by atoms with van der Waals surface area (Å²) >= 11 is 0. The van der Waals surface area contributed by atoms with Crippen LogP contribution in [0.25, 0.3) is 0 Å². The molecule has 0 aliphatic rings. The van der Waals surface area contributed by atoms with E-state index in [-0.39, 0.29) is 5.75 Å². The van der Waals surface area contributed by atoms with E-state index in [0.29, 0.717) is 10.8 Å². The Labute approximate surface area is 123 Å². The highest BCUT2D eigenvalue weighted by Gasteiger charge is 2.50. The maximum atomic E-state index is 11.7. The zero-order chi connectivity index (χ0) is 16.1. The summed E-state index contributed by atoms with van der Waals surface area (Å²) < 4.78 is -1.96. The second-order valence-corrected chi connectivity index (χ2v) is 6.56. The fourth-order valence-corrected chi connectivity index (χ4v) is 4.50. The number of nitrogens with two attached hydrogens (primary N) is 2. The molecule has 0 bridgehead atoms. The van der Waals surface area contributed by atoms with Crippen LogP contribution in [-0.4, -0.2) is 56.3 Å². The molecule has 0 aliphatic heterocycles. The summed E-state index contributed by atoms with van der Waals surface area (Å²) in [6.07, 6.45) is 0. The lowest BCUT2D eigenvalue weighted by Gasteiger charge is -2.30. The van der Waals surface area contributed by atoms with Gasteiger partial charge in [0.25, 0.3) is 0 Å². The molecule has 0 aliphatic carbocycles. The molecule has 0 spiro atoms. The zero-order valence-electron chi connectivity index (χ0n) is 10.9. The van der Waals surface area contributed by atoms with Gasteiger partial charge in [-0.05, 0) is 13.8 Å². The fraction of sp³-hybridized carbons (Fsp3) is 0.600. The molecule has 0 fully saturated rings. The van der Waals surface area contributed by atoms with Crippen LogP contribution in [0.4, 0.5) is 0 Å². The Bertz CT molecular complexity index is 414. The molecule has 2 atom stereocenters. The summed E-state index contributed by atoms with van der Waals surface area (Å²) in [5.74, 6) is -4.25. The van der Waals surface area contributed by atoms with E-state index in [4.69, 9.17) is 21.7 Å². The highest BCUT2D eigenvalue weighted by molar-refractivity contribution is 8.77. The highest BCUT2D eigenvalue weighted by Crippen LogP contribution is 2.40. The smallest absolute Gasteiger partial charge is 0.322 e. The number of carboxylic acid groups (broad SMARTS) is 2. The Morgan fingerprint density at radius 3 is 1.80 bits per heavy atom. The summed E-state index contributed by atoms with van der Waals surface area (Å²) in [4.78, 5) is 45.0. The van der Waals surface area contributed by atoms with E-state index < -0.39 is 40.3 Å². The fourth-order valence-electron chi connectivity index (χ4n) is 1.30. The zero-order valence-corrected chi connectivity index (χ0v) is 12.5. The molecule has 0 heterocycles. The standard InChI is InChI=1S/C10H16N2O6S2/c1-4(13)10(5(2)14,7(12)9(17)18)20-19-3-6(11)8(15)16/h6-7H,3,11-12H2,1-2H3,(H,15,16)(H,17,18). The third kappa shape index (κ3) is 4.20. The number of carboxylic acids is 2. The first kappa shape index (κ1) is 18.9. The molecule has 0 saturated heterocycles. The number of rotatable bonds is 9. The molecule has 0 aromatic rings. The van der Waals surface area contributed by atoms with Gasteiger partial charge in [-0.1, -0.05) is 21.6 Å². The quantitative estimate of drug-likeness (QED) is 0.309. The van der Waals surface area contributed by atoms with Crippen LogP contribution in [0.5, 0.6) is 0 Å². The molecule has 8 nitrogen and oxygen atoms in total. The molecule has 20 heavy (non-hydrogen) atoms. The number of hydrogen-bond acceptors (Lipinski definition) is 8. The Hall–Kier alpha value is -1.10. The average molecular weight is 324 g/mol. The molecule has 0 aromatic heterocycles. The van der Waals surface area contributed by atoms with Gasteiger partial charge in [0.05, 0.1) is 0 Å². The van der Waals surface area contributed by atoms with Crippen molar-refractivity contribution in [3.8, 4) is 0 Å². The molecule has 0 amide bonds. The maximum Gasteiger partial charge on any atom is 0.322 e. The summed E-state index contributed by atoms with van der Waals surface area (Å²) in [7, 11) is 1.46. The van der Waals surface area contributed by atoms with Gasteiger partial charge in [-0.15, -0.1) is 0 Å². The van der Waals surface area contributed by atoms with Gasteiger partial charge in [0, 0.05) is 5.75 Å². The Morgan fingerprint density at radius 1 is 1.05 bits per heavy atom. The minimum absolute atomic E-state index is 0.103. The van der Waals surface area contributed by atoms with Crippen LogP contribution in [0, 0.1) is 0 Å². The van der Waals surface area contributed by atoms with Crippen molar-refractivity contribution in [2.45, 2.75) is 30.7 Å². The van der Waals surface area contributed by atoms with Crippen LogP contribution >= 0.6 is 21.6 Å². The summed E-state index contributed by atoms with van der Waals surface area (Å²) in [5, 5.41) is 17.6. The minimum Gasteiger partial charge on any atom is -0.480 e. The molecule has 0 rings (SSSR count). The molecule has 10 heteroatoms. The minimum atomic E-state index is -1.96. The lowest BCUT2D eigenvalue weighted by molar-refractivity contribution is -0.144. The van der Waals surface area contributed by atoms with Crippen molar-refractivity contribution in [3.63, 3.8) is 0 Å². The van der Waals surface area contributed by atoms with Crippen LogP contribution in [0.2, 0.25) is 0 Å². The van der Waals surface area contributed by atoms with Crippen molar-refractivity contribution < 1.29 is 29.4 Å². The van der Waals surface area contributed by atoms with Gasteiger partial charge in [-0.2, -0.15) is 0 Å². The number of ketones is 2. The second-order valence-electron chi connectivity index (χ2n) is 3.98. The maximum absolute atomic E-state index is 11.7. The molecule has 6 N–H and O–H groups in total. The highest BCUT2D eigenvalue weighted by atomic mass is 33.1. The van der Waals surface area contributed by atoms with Crippen molar-refractivity contribution in [2.24, 2.45) is 11.5 Å². The van der Waals surface area contributed by atoms with Crippen molar-refractivity contribution >= 4 is 45.1 Å². The number of carbonyl (C=O) groups excluding carboxylic acids is 2. The van der Waals surface area contributed by atoms with Crippen LogP contribution < -0.4 is 11.5 Å². The summed E-state index contributed by atoms with van der Waals surface area (Å²) in [6.45, 7) is 2.13. The normalized spacial score (nSPS) is 14.4. The molecule has 2 unspecified atom stereocenters. The van der Waals surface area contributed by atoms with Gasteiger partial charge in [-0.3, -0.25) is 19.2 Å². The van der Waals surface area contributed by atoms with Crippen LogP contribution in [0.15, 0.2) is 0 Å². The van der Waals surface area contributed by atoms with Crippen molar-refractivity contribution in [1.29, 1.82) is 0 Å². The first-order valence-electron chi connectivity index (χ1n) is 5.36.